The Balaban J connectivity index is 1.97. The largest absolute Gasteiger partial charge is 0.444 e. The number of rotatable bonds is 5. The Morgan fingerprint density at radius 1 is 1.33 bits per heavy atom. The van der Waals surface area contributed by atoms with Crippen LogP contribution < -0.4 is 4.90 Å². The van der Waals surface area contributed by atoms with Crippen LogP contribution in [0.5, 0.6) is 0 Å². The number of carbonyl (C=O) groups excluding carboxylic acids is 2. The zero-order chi connectivity index (χ0) is 20.0. The molecule has 148 valence electrons. The predicted molar refractivity (Wildman–Crippen MR) is 103 cm³/mol. The molecule has 2 heterocycles. The average Bonchev–Trinajstić information content (AvgIpc) is 2.62. The molecule has 0 bridgehead atoms. The number of aliphatic imine (C=N–C) groups is 1. The summed E-state index contributed by atoms with van der Waals surface area (Å²) >= 11 is 0. The van der Waals surface area contributed by atoms with Gasteiger partial charge in [-0.2, -0.15) is 0 Å². The summed E-state index contributed by atoms with van der Waals surface area (Å²) in [6, 6.07) is 0. The Kier molecular flexibility index (Phi) is 6.70. The topological polar surface area (TPSA) is 91.2 Å². The van der Waals surface area contributed by atoms with Crippen molar-refractivity contribution >= 4 is 30.5 Å². The van der Waals surface area contributed by atoms with Gasteiger partial charge in [0.1, 0.15) is 11.4 Å². The maximum Gasteiger partial charge on any atom is 0.410 e. The van der Waals surface area contributed by atoms with Gasteiger partial charge in [-0.05, 0) is 34.6 Å². The van der Waals surface area contributed by atoms with E-state index in [9.17, 15) is 9.59 Å². The molecule has 0 aliphatic carbocycles. The second-order valence-corrected chi connectivity index (χ2v) is 7.27. The smallest absolute Gasteiger partial charge is 0.410 e. The molecule has 1 aliphatic heterocycles. The summed E-state index contributed by atoms with van der Waals surface area (Å²) in [5, 5.41) is 0. The maximum absolute atomic E-state index is 12.1. The van der Waals surface area contributed by atoms with Crippen LogP contribution in [-0.4, -0.2) is 76.9 Å². The van der Waals surface area contributed by atoms with Crippen molar-refractivity contribution in [2.45, 2.75) is 40.2 Å². The van der Waals surface area contributed by atoms with E-state index in [0.29, 0.717) is 50.6 Å². The first-order chi connectivity index (χ1) is 12.7. The highest BCUT2D eigenvalue weighted by atomic mass is 16.6. The van der Waals surface area contributed by atoms with Crippen molar-refractivity contribution in [2.24, 2.45) is 4.99 Å². The van der Waals surface area contributed by atoms with E-state index in [-0.39, 0.29) is 6.09 Å². The molecule has 1 aromatic heterocycles. The van der Waals surface area contributed by atoms with Gasteiger partial charge in [0.25, 0.3) is 0 Å². The van der Waals surface area contributed by atoms with Crippen LogP contribution in [0.15, 0.2) is 11.2 Å². The molecule has 0 N–H and O–H groups in total. The molecular weight excluding hydrogens is 348 g/mol. The standard InChI is InChI=1S/C18H28N6O3/c1-6-22(13-25)12-20-16-14(2)21-15(11-19-16)23-7-9-24(10-8-23)17(26)27-18(3,4)5/h11-13H,6-10H2,1-5H3/b20-12-. The lowest BCUT2D eigenvalue weighted by atomic mass is 10.2. The zero-order valence-electron chi connectivity index (χ0n) is 16.7. The molecule has 2 rings (SSSR count). The van der Waals surface area contributed by atoms with Gasteiger partial charge in [-0.3, -0.25) is 4.79 Å². The molecule has 0 spiro atoms. The molecule has 1 saturated heterocycles. The van der Waals surface area contributed by atoms with Gasteiger partial charge in [-0.15, -0.1) is 0 Å². The van der Waals surface area contributed by atoms with E-state index in [1.165, 1.54) is 11.2 Å². The third-order valence-corrected chi connectivity index (χ3v) is 3.99. The van der Waals surface area contributed by atoms with Crippen LogP contribution in [0.3, 0.4) is 0 Å². The summed E-state index contributed by atoms with van der Waals surface area (Å²) < 4.78 is 5.41. The number of carbonyl (C=O) groups is 2. The van der Waals surface area contributed by atoms with Crippen LogP contribution in [-0.2, 0) is 9.53 Å². The van der Waals surface area contributed by atoms with E-state index in [2.05, 4.69) is 19.9 Å². The van der Waals surface area contributed by atoms with Crippen molar-refractivity contribution in [1.82, 2.24) is 19.8 Å². The Morgan fingerprint density at radius 3 is 2.52 bits per heavy atom. The molecule has 0 radical (unpaired) electrons. The molecule has 0 aromatic carbocycles. The predicted octanol–water partition coefficient (Wildman–Crippen LogP) is 1.98. The summed E-state index contributed by atoms with van der Waals surface area (Å²) in [6.07, 6.45) is 3.54. The molecule has 1 aromatic rings. The first-order valence-corrected chi connectivity index (χ1v) is 9.05. The summed E-state index contributed by atoms with van der Waals surface area (Å²) in [7, 11) is 0. The Bertz CT molecular complexity index is 693. The van der Waals surface area contributed by atoms with Gasteiger partial charge in [-0.1, -0.05) is 0 Å². The lowest BCUT2D eigenvalue weighted by Crippen LogP contribution is -2.50. The van der Waals surface area contributed by atoms with Crippen molar-refractivity contribution < 1.29 is 14.3 Å². The Hall–Kier alpha value is -2.71. The minimum absolute atomic E-state index is 0.287. The van der Waals surface area contributed by atoms with Crippen LogP contribution in [0, 0.1) is 6.92 Å². The van der Waals surface area contributed by atoms with Crippen molar-refractivity contribution in [3.8, 4) is 0 Å². The lowest BCUT2D eigenvalue weighted by Gasteiger charge is -2.36. The molecule has 0 saturated carbocycles. The average molecular weight is 376 g/mol. The van der Waals surface area contributed by atoms with Crippen molar-refractivity contribution in [2.75, 3.05) is 37.6 Å². The van der Waals surface area contributed by atoms with E-state index >= 15 is 0 Å². The number of nitrogens with zero attached hydrogens (tertiary/aromatic N) is 6. The molecule has 1 fully saturated rings. The number of piperazine rings is 1. The molecule has 0 atom stereocenters. The highest BCUT2D eigenvalue weighted by Gasteiger charge is 2.26. The van der Waals surface area contributed by atoms with Crippen LogP contribution in [0.25, 0.3) is 0 Å². The number of amides is 2. The van der Waals surface area contributed by atoms with Gasteiger partial charge in [-0.25, -0.2) is 19.8 Å². The summed E-state index contributed by atoms with van der Waals surface area (Å²) in [4.78, 5) is 41.3. The van der Waals surface area contributed by atoms with Gasteiger partial charge in [0.2, 0.25) is 6.41 Å². The highest BCUT2D eigenvalue weighted by Crippen LogP contribution is 2.19. The van der Waals surface area contributed by atoms with Crippen molar-refractivity contribution in [3.63, 3.8) is 0 Å². The van der Waals surface area contributed by atoms with E-state index < -0.39 is 5.60 Å². The monoisotopic (exact) mass is 376 g/mol. The molecule has 9 heteroatoms. The molecular formula is C18H28N6O3. The molecule has 27 heavy (non-hydrogen) atoms. The molecule has 2 amide bonds. The van der Waals surface area contributed by atoms with E-state index in [1.807, 2.05) is 34.6 Å². The quantitative estimate of drug-likeness (QED) is 0.443. The van der Waals surface area contributed by atoms with Crippen molar-refractivity contribution in [3.05, 3.63) is 11.9 Å². The number of anilines is 1. The van der Waals surface area contributed by atoms with Crippen LogP contribution in [0.4, 0.5) is 16.4 Å². The molecule has 0 unspecified atom stereocenters. The van der Waals surface area contributed by atoms with Gasteiger partial charge in [0.15, 0.2) is 5.82 Å². The fraction of sp³-hybridized carbons (Fsp3) is 0.611. The summed E-state index contributed by atoms with van der Waals surface area (Å²) in [5.41, 5.74) is 0.185. The molecule has 9 nitrogen and oxygen atoms in total. The second-order valence-electron chi connectivity index (χ2n) is 7.27. The number of aromatic nitrogens is 2. The normalized spacial score (nSPS) is 15.1. The first-order valence-electron chi connectivity index (χ1n) is 9.05. The van der Waals surface area contributed by atoms with E-state index in [4.69, 9.17) is 4.74 Å². The lowest BCUT2D eigenvalue weighted by molar-refractivity contribution is -0.114. The van der Waals surface area contributed by atoms with Crippen molar-refractivity contribution in [1.29, 1.82) is 0 Å². The van der Waals surface area contributed by atoms with E-state index in [0.717, 1.165) is 5.82 Å². The van der Waals surface area contributed by atoms with Crippen LogP contribution in [0.2, 0.25) is 0 Å². The number of hydrogen-bond donors (Lipinski definition) is 0. The maximum atomic E-state index is 12.1. The molecule has 1 aliphatic rings. The van der Waals surface area contributed by atoms with E-state index in [1.54, 1.807) is 11.1 Å². The van der Waals surface area contributed by atoms with Gasteiger partial charge < -0.3 is 19.4 Å². The number of ether oxygens (including phenoxy) is 1. The van der Waals surface area contributed by atoms with Gasteiger partial charge in [0, 0.05) is 32.7 Å². The van der Waals surface area contributed by atoms with Crippen LogP contribution in [0.1, 0.15) is 33.4 Å². The fourth-order valence-electron chi connectivity index (χ4n) is 2.50. The highest BCUT2D eigenvalue weighted by molar-refractivity contribution is 5.74. The van der Waals surface area contributed by atoms with Gasteiger partial charge >= 0.3 is 6.09 Å². The van der Waals surface area contributed by atoms with Crippen LogP contribution >= 0.6 is 0 Å². The third-order valence-electron chi connectivity index (χ3n) is 3.99. The fourth-order valence-corrected chi connectivity index (χ4v) is 2.50. The minimum Gasteiger partial charge on any atom is -0.444 e. The Labute approximate surface area is 160 Å². The number of aryl methyl sites for hydroxylation is 1. The summed E-state index contributed by atoms with van der Waals surface area (Å²) in [6.45, 7) is 12.3. The summed E-state index contributed by atoms with van der Waals surface area (Å²) in [5.74, 6) is 1.23. The minimum atomic E-state index is -0.496. The third kappa shape index (κ3) is 5.90. The number of hydrogen-bond acceptors (Lipinski definition) is 7. The van der Waals surface area contributed by atoms with Gasteiger partial charge in [0.05, 0.1) is 18.2 Å². The first kappa shape index (κ1) is 20.6. The SMILES string of the molecule is CCN(C=O)/C=N\c1ncc(N2CCN(C(=O)OC(C)(C)C)CC2)nc1C. The second kappa shape index (κ2) is 8.79. The Morgan fingerprint density at radius 2 is 2.00 bits per heavy atom. The zero-order valence-corrected chi connectivity index (χ0v) is 16.7.